The van der Waals surface area contributed by atoms with Crippen LogP contribution in [-0.4, -0.2) is 18.0 Å². The van der Waals surface area contributed by atoms with Gasteiger partial charge in [-0.25, -0.2) is 0 Å². The van der Waals surface area contributed by atoms with Gasteiger partial charge in [0, 0.05) is 17.0 Å². The smallest absolute Gasteiger partial charge is 0.0712 e. The number of hydrogen-bond donors (Lipinski definition) is 0. The monoisotopic (exact) mass is 304 g/mol. The zero-order chi connectivity index (χ0) is 12.0. The van der Waals surface area contributed by atoms with Crippen LogP contribution in [0.4, 0.5) is 0 Å². The molecule has 0 fully saturated rings. The summed E-state index contributed by atoms with van der Waals surface area (Å²) in [7, 11) is 0. The molecule has 1 atom stereocenters. The summed E-state index contributed by atoms with van der Waals surface area (Å²) in [5.41, 5.74) is 1.26. The fraction of sp³-hybridized carbons (Fsp3) is 0.538. The molecule has 0 bridgehead atoms. The number of ether oxygens (including phenoxy) is 1. The molecule has 0 saturated heterocycles. The van der Waals surface area contributed by atoms with Crippen molar-refractivity contribution in [3.05, 3.63) is 34.9 Å². The van der Waals surface area contributed by atoms with Crippen LogP contribution in [0.2, 0.25) is 5.02 Å². The fourth-order valence-electron chi connectivity index (χ4n) is 1.37. The lowest BCUT2D eigenvalue weighted by atomic mass is 10.1. The Hall–Kier alpha value is -0.0500. The van der Waals surface area contributed by atoms with Gasteiger partial charge in [0.25, 0.3) is 0 Å². The first kappa shape index (κ1) is 14.0. The molecule has 3 heteroatoms. The average molecular weight is 306 g/mol. The molecule has 0 aliphatic carbocycles. The van der Waals surface area contributed by atoms with Crippen LogP contribution in [0.1, 0.15) is 19.4 Å². The SMILES string of the molecule is CC(C)COC(CBr)Cc1ccc(Cl)cc1. The molecular formula is C13H18BrClO. The van der Waals surface area contributed by atoms with Gasteiger partial charge in [0.2, 0.25) is 0 Å². The molecule has 16 heavy (non-hydrogen) atoms. The van der Waals surface area contributed by atoms with Crippen LogP contribution < -0.4 is 0 Å². The van der Waals surface area contributed by atoms with Crippen molar-refractivity contribution in [3.8, 4) is 0 Å². The molecule has 0 N–H and O–H groups in total. The lowest BCUT2D eigenvalue weighted by Crippen LogP contribution is -2.20. The van der Waals surface area contributed by atoms with Crippen LogP contribution in [0.3, 0.4) is 0 Å². The van der Waals surface area contributed by atoms with Crippen LogP contribution >= 0.6 is 27.5 Å². The second-order valence-electron chi connectivity index (χ2n) is 4.33. The summed E-state index contributed by atoms with van der Waals surface area (Å²) in [6, 6.07) is 7.95. The van der Waals surface area contributed by atoms with E-state index in [1.807, 2.05) is 12.1 Å². The predicted octanol–water partition coefficient (Wildman–Crippen LogP) is 4.32. The highest BCUT2D eigenvalue weighted by molar-refractivity contribution is 9.09. The summed E-state index contributed by atoms with van der Waals surface area (Å²) < 4.78 is 5.81. The maximum absolute atomic E-state index is 5.84. The van der Waals surface area contributed by atoms with Gasteiger partial charge in [-0.05, 0) is 30.0 Å². The van der Waals surface area contributed by atoms with E-state index < -0.39 is 0 Å². The molecule has 0 spiro atoms. The first-order valence-electron chi connectivity index (χ1n) is 5.53. The van der Waals surface area contributed by atoms with Gasteiger partial charge in [0.15, 0.2) is 0 Å². The molecule has 0 aromatic heterocycles. The van der Waals surface area contributed by atoms with Crippen molar-refractivity contribution in [2.75, 3.05) is 11.9 Å². The molecule has 90 valence electrons. The van der Waals surface area contributed by atoms with Gasteiger partial charge in [0.05, 0.1) is 6.10 Å². The molecule has 0 radical (unpaired) electrons. The van der Waals surface area contributed by atoms with Crippen LogP contribution in [-0.2, 0) is 11.2 Å². The molecule has 1 rings (SSSR count). The summed E-state index contributed by atoms with van der Waals surface area (Å²) in [6.07, 6.45) is 1.17. The highest BCUT2D eigenvalue weighted by atomic mass is 79.9. The molecule has 1 aromatic rings. The third-order valence-corrected chi connectivity index (χ3v) is 3.19. The number of benzene rings is 1. The number of halogens is 2. The van der Waals surface area contributed by atoms with Crippen LogP contribution in [0.15, 0.2) is 24.3 Å². The van der Waals surface area contributed by atoms with E-state index in [-0.39, 0.29) is 6.10 Å². The maximum atomic E-state index is 5.84. The Morgan fingerprint density at radius 1 is 1.25 bits per heavy atom. The zero-order valence-electron chi connectivity index (χ0n) is 9.75. The van der Waals surface area contributed by atoms with Crippen LogP contribution in [0, 0.1) is 5.92 Å². The molecule has 1 aromatic carbocycles. The van der Waals surface area contributed by atoms with Crippen molar-refractivity contribution in [2.45, 2.75) is 26.4 Å². The number of hydrogen-bond acceptors (Lipinski definition) is 1. The zero-order valence-corrected chi connectivity index (χ0v) is 12.1. The van der Waals surface area contributed by atoms with E-state index >= 15 is 0 Å². The third-order valence-electron chi connectivity index (χ3n) is 2.21. The Morgan fingerprint density at radius 2 is 1.88 bits per heavy atom. The maximum Gasteiger partial charge on any atom is 0.0712 e. The van der Waals surface area contributed by atoms with Gasteiger partial charge >= 0.3 is 0 Å². The molecule has 0 amide bonds. The van der Waals surface area contributed by atoms with Crippen molar-refractivity contribution in [1.29, 1.82) is 0 Å². The Morgan fingerprint density at radius 3 is 2.38 bits per heavy atom. The van der Waals surface area contributed by atoms with E-state index in [0.717, 1.165) is 23.4 Å². The topological polar surface area (TPSA) is 9.23 Å². The summed E-state index contributed by atoms with van der Waals surface area (Å²) in [4.78, 5) is 0. The van der Waals surface area contributed by atoms with Crippen molar-refractivity contribution < 1.29 is 4.74 Å². The number of rotatable bonds is 6. The highest BCUT2D eigenvalue weighted by Gasteiger charge is 2.09. The third kappa shape index (κ3) is 5.33. The first-order valence-corrected chi connectivity index (χ1v) is 7.03. The minimum Gasteiger partial charge on any atom is -0.377 e. The van der Waals surface area contributed by atoms with Crippen molar-refractivity contribution in [2.24, 2.45) is 5.92 Å². The Kier molecular flexibility index (Phi) is 6.40. The summed E-state index contributed by atoms with van der Waals surface area (Å²) >= 11 is 9.33. The van der Waals surface area contributed by atoms with E-state index in [1.165, 1.54) is 5.56 Å². The van der Waals surface area contributed by atoms with E-state index in [9.17, 15) is 0 Å². The molecule has 0 aliphatic heterocycles. The molecule has 0 heterocycles. The second kappa shape index (κ2) is 7.31. The number of alkyl halides is 1. The molecular weight excluding hydrogens is 287 g/mol. The van der Waals surface area contributed by atoms with Crippen molar-refractivity contribution in [3.63, 3.8) is 0 Å². The van der Waals surface area contributed by atoms with Gasteiger partial charge in [0.1, 0.15) is 0 Å². The van der Waals surface area contributed by atoms with Gasteiger partial charge in [-0.15, -0.1) is 0 Å². The predicted molar refractivity (Wildman–Crippen MR) is 73.5 cm³/mol. The van der Waals surface area contributed by atoms with Crippen molar-refractivity contribution in [1.82, 2.24) is 0 Å². The highest BCUT2D eigenvalue weighted by Crippen LogP contribution is 2.13. The van der Waals surface area contributed by atoms with Crippen LogP contribution in [0.5, 0.6) is 0 Å². The van der Waals surface area contributed by atoms with E-state index in [0.29, 0.717) is 5.92 Å². The van der Waals surface area contributed by atoms with Crippen LogP contribution in [0.25, 0.3) is 0 Å². The Balaban J connectivity index is 2.46. The van der Waals surface area contributed by atoms with Crippen molar-refractivity contribution >= 4 is 27.5 Å². The summed E-state index contributed by atoms with van der Waals surface area (Å²) in [5, 5.41) is 1.64. The minimum atomic E-state index is 0.239. The van der Waals surface area contributed by atoms with Gasteiger partial charge in [-0.2, -0.15) is 0 Å². The average Bonchev–Trinajstić information content (AvgIpc) is 2.26. The quantitative estimate of drug-likeness (QED) is 0.711. The fourth-order valence-corrected chi connectivity index (χ4v) is 1.91. The molecule has 1 unspecified atom stereocenters. The lowest BCUT2D eigenvalue weighted by molar-refractivity contribution is 0.0516. The standard InChI is InChI=1S/C13H18BrClO/c1-10(2)9-16-13(8-14)7-11-3-5-12(15)6-4-11/h3-6,10,13H,7-9H2,1-2H3. The Labute approximate surface area is 111 Å². The summed E-state index contributed by atoms with van der Waals surface area (Å²) in [5.74, 6) is 0.576. The van der Waals surface area contributed by atoms with Gasteiger partial charge in [-0.3, -0.25) is 0 Å². The normalized spacial score (nSPS) is 13.1. The van der Waals surface area contributed by atoms with E-state index in [4.69, 9.17) is 16.3 Å². The molecule has 0 aliphatic rings. The lowest BCUT2D eigenvalue weighted by Gasteiger charge is -2.17. The first-order chi connectivity index (χ1) is 7.61. The minimum absolute atomic E-state index is 0.239. The molecule has 1 nitrogen and oxygen atoms in total. The Bertz CT molecular complexity index is 297. The second-order valence-corrected chi connectivity index (χ2v) is 5.42. The van der Waals surface area contributed by atoms with E-state index in [1.54, 1.807) is 0 Å². The van der Waals surface area contributed by atoms with Gasteiger partial charge < -0.3 is 4.74 Å². The summed E-state index contributed by atoms with van der Waals surface area (Å²) in [6.45, 7) is 5.13. The molecule has 0 saturated carbocycles. The van der Waals surface area contributed by atoms with E-state index in [2.05, 4.69) is 41.9 Å². The van der Waals surface area contributed by atoms with Gasteiger partial charge in [-0.1, -0.05) is 53.5 Å². The largest absolute Gasteiger partial charge is 0.377 e.